The molecule has 3 heteroatoms. The molecule has 0 aromatic rings. The van der Waals surface area contributed by atoms with Gasteiger partial charge >= 0.3 is 5.97 Å². The van der Waals surface area contributed by atoms with Gasteiger partial charge in [0.05, 0.1) is 6.42 Å². The van der Waals surface area contributed by atoms with Crippen LogP contribution in [-0.4, -0.2) is 15.8 Å². The van der Waals surface area contributed by atoms with Gasteiger partial charge in [0, 0.05) is 4.75 Å². The van der Waals surface area contributed by atoms with Gasteiger partial charge in [0.25, 0.3) is 0 Å². The van der Waals surface area contributed by atoms with Gasteiger partial charge in [-0.2, -0.15) is 12.6 Å². The van der Waals surface area contributed by atoms with Gasteiger partial charge in [-0.1, -0.05) is 0 Å². The quantitative estimate of drug-likeness (QED) is 0.710. The Labute approximate surface area is 95.8 Å². The molecule has 0 aliphatic heterocycles. The normalized spacial score (nSPS) is 52.1. The van der Waals surface area contributed by atoms with E-state index in [1.54, 1.807) is 0 Å². The van der Waals surface area contributed by atoms with Crippen molar-refractivity contribution in [3.63, 3.8) is 0 Å². The lowest BCUT2D eigenvalue weighted by atomic mass is 9.48. The Morgan fingerprint density at radius 3 is 2.33 bits per heavy atom. The maximum absolute atomic E-state index is 11.0. The van der Waals surface area contributed by atoms with Crippen LogP contribution < -0.4 is 0 Å². The van der Waals surface area contributed by atoms with Crippen molar-refractivity contribution in [2.45, 2.75) is 49.7 Å². The number of thiol groups is 1. The second kappa shape index (κ2) is 2.93. The molecule has 4 saturated carbocycles. The number of carbonyl (C=O) groups is 1. The summed E-state index contributed by atoms with van der Waals surface area (Å²) in [6, 6.07) is 0. The van der Waals surface area contributed by atoms with Crippen LogP contribution in [0.4, 0.5) is 0 Å². The Bertz CT molecular complexity index is 299. The lowest BCUT2D eigenvalue weighted by Crippen LogP contribution is -2.53. The first kappa shape index (κ1) is 10.0. The highest BCUT2D eigenvalue weighted by Crippen LogP contribution is 2.64. The highest BCUT2D eigenvalue weighted by Gasteiger charge is 2.56. The molecule has 0 heterocycles. The van der Waals surface area contributed by atoms with Crippen LogP contribution in [0.5, 0.6) is 0 Å². The summed E-state index contributed by atoms with van der Waals surface area (Å²) in [5, 5.41) is 9.03. The lowest BCUT2D eigenvalue weighted by molar-refractivity contribution is -0.144. The number of rotatable bonds is 2. The Morgan fingerprint density at radius 1 is 1.27 bits per heavy atom. The van der Waals surface area contributed by atoms with Crippen LogP contribution in [0.15, 0.2) is 0 Å². The molecule has 4 bridgehead atoms. The topological polar surface area (TPSA) is 37.3 Å². The van der Waals surface area contributed by atoms with Gasteiger partial charge < -0.3 is 5.11 Å². The maximum atomic E-state index is 11.0. The van der Waals surface area contributed by atoms with Crippen molar-refractivity contribution in [2.24, 2.45) is 17.3 Å². The van der Waals surface area contributed by atoms with E-state index in [0.29, 0.717) is 6.42 Å². The molecule has 2 atom stereocenters. The average molecular weight is 226 g/mol. The van der Waals surface area contributed by atoms with Crippen LogP contribution in [0.1, 0.15) is 44.9 Å². The van der Waals surface area contributed by atoms with E-state index in [4.69, 9.17) is 17.7 Å². The van der Waals surface area contributed by atoms with Gasteiger partial charge in [-0.3, -0.25) is 4.79 Å². The van der Waals surface area contributed by atoms with Crippen molar-refractivity contribution >= 4 is 18.6 Å². The minimum absolute atomic E-state index is 0.109. The predicted octanol–water partition coefficient (Wildman–Crippen LogP) is 2.73. The maximum Gasteiger partial charge on any atom is 0.303 e. The van der Waals surface area contributed by atoms with Gasteiger partial charge in [-0.15, -0.1) is 0 Å². The number of carboxylic acids is 1. The van der Waals surface area contributed by atoms with Crippen LogP contribution in [-0.2, 0) is 4.79 Å². The van der Waals surface area contributed by atoms with Crippen molar-refractivity contribution < 1.29 is 9.90 Å². The largest absolute Gasteiger partial charge is 0.481 e. The molecular weight excluding hydrogens is 208 g/mol. The first-order valence-corrected chi connectivity index (χ1v) is 6.38. The summed E-state index contributed by atoms with van der Waals surface area (Å²) in [7, 11) is 0. The van der Waals surface area contributed by atoms with Crippen LogP contribution in [0.3, 0.4) is 0 Å². The van der Waals surface area contributed by atoms with E-state index in [1.165, 1.54) is 19.3 Å². The molecular formula is C12H18O2S. The summed E-state index contributed by atoms with van der Waals surface area (Å²) in [5.41, 5.74) is 0.109. The third-order valence-corrected chi connectivity index (χ3v) is 5.20. The number of hydrogen-bond acceptors (Lipinski definition) is 2. The fourth-order valence-electron chi connectivity index (χ4n) is 4.93. The summed E-state index contributed by atoms with van der Waals surface area (Å²) >= 11 is 4.83. The first-order chi connectivity index (χ1) is 6.99. The number of aliphatic carboxylic acids is 1. The molecule has 2 unspecified atom stereocenters. The Kier molecular flexibility index (Phi) is 1.96. The smallest absolute Gasteiger partial charge is 0.303 e. The van der Waals surface area contributed by atoms with E-state index in [-0.39, 0.29) is 10.2 Å². The van der Waals surface area contributed by atoms with Crippen molar-refractivity contribution in [2.75, 3.05) is 0 Å². The molecule has 0 saturated heterocycles. The molecule has 4 aliphatic rings. The van der Waals surface area contributed by atoms with Crippen LogP contribution in [0.2, 0.25) is 0 Å². The molecule has 0 radical (unpaired) electrons. The summed E-state index contributed by atoms with van der Waals surface area (Å²) in [6.45, 7) is 0. The summed E-state index contributed by atoms with van der Waals surface area (Å²) in [5.74, 6) is 0.917. The second-order valence-electron chi connectivity index (χ2n) is 6.26. The molecule has 0 aromatic heterocycles. The first-order valence-electron chi connectivity index (χ1n) is 5.93. The minimum atomic E-state index is -0.617. The number of carboxylic acid groups (broad SMARTS) is 1. The van der Waals surface area contributed by atoms with E-state index >= 15 is 0 Å². The van der Waals surface area contributed by atoms with Gasteiger partial charge in [0.2, 0.25) is 0 Å². The highest BCUT2D eigenvalue weighted by atomic mass is 32.1. The van der Waals surface area contributed by atoms with E-state index in [0.717, 1.165) is 31.1 Å². The van der Waals surface area contributed by atoms with E-state index in [9.17, 15) is 4.79 Å². The lowest BCUT2D eigenvalue weighted by Gasteiger charge is -2.60. The molecule has 2 nitrogen and oxygen atoms in total. The Morgan fingerprint density at radius 2 is 1.87 bits per heavy atom. The monoisotopic (exact) mass is 226 g/mol. The third-order valence-electron chi connectivity index (χ3n) is 4.68. The van der Waals surface area contributed by atoms with E-state index in [2.05, 4.69) is 0 Å². The van der Waals surface area contributed by atoms with Gasteiger partial charge in [-0.05, 0) is 55.8 Å². The van der Waals surface area contributed by atoms with Crippen molar-refractivity contribution in [1.29, 1.82) is 0 Å². The standard InChI is InChI=1S/C12H18O2S/c13-10(14)6-11-2-8-1-9(3-11)5-12(15,4-8)7-11/h8-9,15H,1-7H2,(H,13,14). The van der Waals surface area contributed by atoms with Gasteiger partial charge in [0.15, 0.2) is 0 Å². The molecule has 84 valence electrons. The Balaban J connectivity index is 1.89. The molecule has 1 N–H and O–H groups in total. The molecule has 0 amide bonds. The van der Waals surface area contributed by atoms with Crippen molar-refractivity contribution in [3.8, 4) is 0 Å². The third kappa shape index (κ3) is 1.59. The molecule has 4 rings (SSSR count). The minimum Gasteiger partial charge on any atom is -0.481 e. The summed E-state index contributed by atoms with van der Waals surface area (Å²) < 4.78 is 0.180. The van der Waals surface area contributed by atoms with Crippen LogP contribution in [0.25, 0.3) is 0 Å². The van der Waals surface area contributed by atoms with Crippen molar-refractivity contribution in [1.82, 2.24) is 0 Å². The zero-order chi connectivity index (χ0) is 10.7. The molecule has 0 aromatic carbocycles. The zero-order valence-electron chi connectivity index (χ0n) is 8.91. The predicted molar refractivity (Wildman–Crippen MR) is 61.1 cm³/mol. The van der Waals surface area contributed by atoms with Crippen LogP contribution in [0, 0.1) is 17.3 Å². The zero-order valence-corrected chi connectivity index (χ0v) is 9.80. The summed E-state index contributed by atoms with van der Waals surface area (Å²) in [4.78, 5) is 11.0. The molecule has 0 spiro atoms. The second-order valence-corrected chi connectivity index (χ2v) is 7.20. The average Bonchev–Trinajstić information content (AvgIpc) is 1.94. The summed E-state index contributed by atoms with van der Waals surface area (Å²) in [6.07, 6.45) is 7.52. The van der Waals surface area contributed by atoms with Crippen LogP contribution >= 0.6 is 12.6 Å². The number of hydrogen-bond donors (Lipinski definition) is 2. The molecule has 4 fully saturated rings. The SMILES string of the molecule is O=C(O)CC12CC3CC(CC(S)(C3)C1)C2. The van der Waals surface area contributed by atoms with E-state index < -0.39 is 5.97 Å². The van der Waals surface area contributed by atoms with Crippen molar-refractivity contribution in [3.05, 3.63) is 0 Å². The molecule has 15 heavy (non-hydrogen) atoms. The molecule has 4 aliphatic carbocycles. The Hall–Kier alpha value is -0.180. The fraction of sp³-hybridized carbons (Fsp3) is 0.917. The highest BCUT2D eigenvalue weighted by molar-refractivity contribution is 7.81. The van der Waals surface area contributed by atoms with Gasteiger partial charge in [-0.25, -0.2) is 0 Å². The fourth-order valence-corrected chi connectivity index (χ4v) is 5.78. The van der Waals surface area contributed by atoms with Gasteiger partial charge in [0.1, 0.15) is 0 Å². The van der Waals surface area contributed by atoms with E-state index in [1.807, 2.05) is 0 Å².